The predicted molar refractivity (Wildman–Crippen MR) is 120 cm³/mol. The Bertz CT molecular complexity index is 1160. The van der Waals surface area contributed by atoms with E-state index in [0.717, 1.165) is 17.4 Å². The summed E-state index contributed by atoms with van der Waals surface area (Å²) in [7, 11) is 0. The van der Waals surface area contributed by atoms with Crippen molar-refractivity contribution in [1.82, 2.24) is 4.90 Å². The van der Waals surface area contributed by atoms with Crippen molar-refractivity contribution < 1.29 is 13.9 Å². The molecule has 30 heavy (non-hydrogen) atoms. The molecule has 1 aromatic heterocycles. The predicted octanol–water partition coefficient (Wildman–Crippen LogP) is 4.06. The van der Waals surface area contributed by atoms with Gasteiger partial charge in [0, 0.05) is 23.6 Å². The lowest BCUT2D eigenvalue weighted by Crippen LogP contribution is -2.30. The maximum Gasteiger partial charge on any atom is 0.221 e. The lowest BCUT2D eigenvalue weighted by molar-refractivity contribution is -0.121. The first-order valence-electron chi connectivity index (χ1n) is 9.59. The van der Waals surface area contributed by atoms with Gasteiger partial charge in [0.2, 0.25) is 5.91 Å². The van der Waals surface area contributed by atoms with Gasteiger partial charge in [-0.3, -0.25) is 14.5 Å². The van der Waals surface area contributed by atoms with Gasteiger partial charge >= 0.3 is 0 Å². The molecule has 1 aliphatic rings. The molecule has 2 heterocycles. The van der Waals surface area contributed by atoms with Gasteiger partial charge in [-0.05, 0) is 43.3 Å². The van der Waals surface area contributed by atoms with Crippen LogP contribution in [0.25, 0.3) is 22.3 Å². The molecule has 0 aliphatic carbocycles. The number of likely N-dealkylation sites (tertiary alicyclic amines) is 1. The summed E-state index contributed by atoms with van der Waals surface area (Å²) < 4.78 is 12.8. The average molecular weight is 492 g/mol. The first kappa shape index (κ1) is 20.9. The van der Waals surface area contributed by atoms with Crippen molar-refractivity contribution in [3.8, 4) is 17.1 Å². The van der Waals surface area contributed by atoms with E-state index in [-0.39, 0.29) is 17.3 Å². The van der Waals surface area contributed by atoms with E-state index in [2.05, 4.69) is 20.8 Å². The number of primary amides is 1. The number of para-hydroxylation sites is 1. The number of amides is 1. The highest BCUT2D eigenvalue weighted by atomic mass is 79.9. The number of hydrogen-bond acceptors (Lipinski definition) is 5. The maximum atomic E-state index is 12.6. The number of nitrogens with zero attached hydrogens (tertiary/aromatic N) is 1. The second-order valence-electron chi connectivity index (χ2n) is 7.27. The Morgan fingerprint density at radius 3 is 2.90 bits per heavy atom. The van der Waals surface area contributed by atoms with Crippen LogP contribution in [0.3, 0.4) is 0 Å². The zero-order valence-corrected chi connectivity index (χ0v) is 18.4. The Morgan fingerprint density at radius 2 is 2.13 bits per heavy atom. The fourth-order valence-electron chi connectivity index (χ4n) is 3.65. The second kappa shape index (κ2) is 8.79. The van der Waals surface area contributed by atoms with Gasteiger partial charge in [0.05, 0.1) is 21.9 Å². The monoisotopic (exact) mass is 490 g/mol. The number of halogens is 2. The Hall–Kier alpha value is -2.35. The van der Waals surface area contributed by atoms with Crippen LogP contribution < -0.4 is 15.9 Å². The first-order valence-corrected chi connectivity index (χ1v) is 10.8. The van der Waals surface area contributed by atoms with Crippen LogP contribution in [0.1, 0.15) is 6.42 Å². The van der Waals surface area contributed by atoms with Crippen LogP contribution in [-0.2, 0) is 4.79 Å². The van der Waals surface area contributed by atoms with Crippen molar-refractivity contribution in [2.45, 2.75) is 6.42 Å². The molecule has 4 rings (SSSR count). The van der Waals surface area contributed by atoms with Crippen LogP contribution >= 0.6 is 27.5 Å². The van der Waals surface area contributed by atoms with Gasteiger partial charge < -0.3 is 14.9 Å². The standard InChI is InChI=1S/C22H20BrClN2O4/c23-14-4-5-16(20-11-18(27)15-2-1-3-17(24)21(15)30-20)19(10-14)29-9-8-26-7-6-13(12-26)22(25)28/h1-5,10-11,13H,6-9,12H2,(H2,25,28). The topological polar surface area (TPSA) is 85.8 Å². The van der Waals surface area contributed by atoms with Gasteiger partial charge in [-0.1, -0.05) is 33.6 Å². The summed E-state index contributed by atoms with van der Waals surface area (Å²) >= 11 is 9.70. The van der Waals surface area contributed by atoms with Crippen molar-refractivity contribution >= 4 is 44.4 Å². The molecule has 0 radical (unpaired) electrons. The third-order valence-corrected chi connectivity index (χ3v) is 6.05. The Kier molecular flexibility index (Phi) is 6.13. The van der Waals surface area contributed by atoms with Crippen LogP contribution in [0.4, 0.5) is 0 Å². The highest BCUT2D eigenvalue weighted by molar-refractivity contribution is 9.10. The minimum atomic E-state index is -0.252. The summed E-state index contributed by atoms with van der Waals surface area (Å²) in [6.07, 6.45) is 0.778. The molecule has 3 aromatic rings. The number of benzene rings is 2. The highest BCUT2D eigenvalue weighted by Gasteiger charge is 2.26. The van der Waals surface area contributed by atoms with E-state index in [9.17, 15) is 9.59 Å². The molecular weight excluding hydrogens is 472 g/mol. The molecule has 1 amide bonds. The van der Waals surface area contributed by atoms with Gasteiger partial charge in [-0.15, -0.1) is 0 Å². The number of carbonyl (C=O) groups is 1. The fraction of sp³-hybridized carbons (Fsp3) is 0.273. The Balaban J connectivity index is 1.57. The van der Waals surface area contributed by atoms with Crippen LogP contribution in [0, 0.1) is 5.92 Å². The minimum Gasteiger partial charge on any atom is -0.491 e. The number of fused-ring (bicyclic) bond motifs is 1. The molecule has 0 bridgehead atoms. The van der Waals surface area contributed by atoms with E-state index >= 15 is 0 Å². The molecule has 8 heteroatoms. The second-order valence-corrected chi connectivity index (χ2v) is 8.59. The highest BCUT2D eigenvalue weighted by Crippen LogP contribution is 2.34. The zero-order valence-electron chi connectivity index (χ0n) is 16.1. The summed E-state index contributed by atoms with van der Waals surface area (Å²) in [6, 6.07) is 12.1. The molecular formula is C22H20BrClN2O4. The molecule has 1 aliphatic heterocycles. The van der Waals surface area contributed by atoms with Crippen LogP contribution in [0.2, 0.25) is 5.02 Å². The third-order valence-electron chi connectivity index (χ3n) is 5.26. The molecule has 2 N–H and O–H groups in total. The van der Waals surface area contributed by atoms with Crippen LogP contribution in [0.5, 0.6) is 5.75 Å². The number of ether oxygens (including phenoxy) is 1. The Labute approximate surface area is 186 Å². The lowest BCUT2D eigenvalue weighted by atomic mass is 10.1. The molecule has 6 nitrogen and oxygen atoms in total. The van der Waals surface area contributed by atoms with Crippen molar-refractivity contribution in [3.63, 3.8) is 0 Å². The fourth-order valence-corrected chi connectivity index (χ4v) is 4.20. The summed E-state index contributed by atoms with van der Waals surface area (Å²) in [5, 5.41) is 0.813. The molecule has 1 unspecified atom stereocenters. The van der Waals surface area contributed by atoms with E-state index in [1.54, 1.807) is 18.2 Å². The summed E-state index contributed by atoms with van der Waals surface area (Å²) in [5.74, 6) is 0.628. The quantitative estimate of drug-likeness (QED) is 0.562. The van der Waals surface area contributed by atoms with Crippen molar-refractivity contribution in [2.75, 3.05) is 26.2 Å². The molecule has 1 atom stereocenters. The van der Waals surface area contributed by atoms with Crippen LogP contribution in [-0.4, -0.2) is 37.0 Å². The third kappa shape index (κ3) is 4.38. The molecule has 0 saturated carbocycles. The van der Waals surface area contributed by atoms with E-state index in [1.807, 2.05) is 18.2 Å². The van der Waals surface area contributed by atoms with Crippen molar-refractivity contribution in [2.24, 2.45) is 11.7 Å². The minimum absolute atomic E-state index is 0.0944. The molecule has 0 spiro atoms. The van der Waals surface area contributed by atoms with E-state index in [4.69, 9.17) is 26.5 Å². The summed E-state index contributed by atoms with van der Waals surface area (Å²) in [6.45, 7) is 2.57. The Morgan fingerprint density at radius 1 is 1.30 bits per heavy atom. The van der Waals surface area contributed by atoms with E-state index in [0.29, 0.717) is 52.8 Å². The lowest BCUT2D eigenvalue weighted by Gasteiger charge is -2.17. The smallest absolute Gasteiger partial charge is 0.221 e. The summed E-state index contributed by atoms with van der Waals surface area (Å²) in [4.78, 5) is 26.1. The molecule has 2 aromatic carbocycles. The maximum absolute atomic E-state index is 12.6. The summed E-state index contributed by atoms with van der Waals surface area (Å²) in [5.41, 5.74) is 6.24. The van der Waals surface area contributed by atoms with Crippen LogP contribution in [0.15, 0.2) is 56.1 Å². The average Bonchev–Trinajstić information content (AvgIpc) is 3.18. The number of hydrogen-bond donors (Lipinski definition) is 1. The van der Waals surface area contributed by atoms with E-state index in [1.165, 1.54) is 6.07 Å². The van der Waals surface area contributed by atoms with Gasteiger partial charge in [0.25, 0.3) is 0 Å². The molecule has 156 valence electrons. The number of carbonyl (C=O) groups excluding carboxylic acids is 1. The molecule has 1 saturated heterocycles. The van der Waals surface area contributed by atoms with Gasteiger partial charge in [-0.25, -0.2) is 0 Å². The van der Waals surface area contributed by atoms with Crippen molar-refractivity contribution in [1.29, 1.82) is 0 Å². The SMILES string of the molecule is NC(=O)C1CCN(CCOc2cc(Br)ccc2-c2cc(=O)c3cccc(Cl)c3o2)C1. The van der Waals surface area contributed by atoms with Gasteiger partial charge in [-0.2, -0.15) is 0 Å². The van der Waals surface area contributed by atoms with Crippen molar-refractivity contribution in [3.05, 3.63) is 62.2 Å². The van der Waals surface area contributed by atoms with E-state index < -0.39 is 0 Å². The first-order chi connectivity index (χ1) is 14.4. The van der Waals surface area contributed by atoms with Gasteiger partial charge in [0.15, 0.2) is 11.0 Å². The number of rotatable bonds is 6. The normalized spacial score (nSPS) is 16.8. The molecule has 1 fully saturated rings. The number of nitrogens with two attached hydrogens (primary N) is 1. The zero-order chi connectivity index (χ0) is 21.3. The van der Waals surface area contributed by atoms with Gasteiger partial charge in [0.1, 0.15) is 18.1 Å². The largest absolute Gasteiger partial charge is 0.491 e.